The monoisotopic (exact) mass is 308 g/mol. The Morgan fingerprint density at radius 3 is 2.64 bits per heavy atom. The van der Waals surface area contributed by atoms with Crippen molar-refractivity contribution in [2.24, 2.45) is 7.05 Å². The molecule has 1 aliphatic rings. The van der Waals surface area contributed by atoms with Crippen LogP contribution in [0.2, 0.25) is 0 Å². The van der Waals surface area contributed by atoms with Gasteiger partial charge in [-0.2, -0.15) is 0 Å². The summed E-state index contributed by atoms with van der Waals surface area (Å²) in [6.45, 7) is 4.24. The minimum atomic E-state index is -1.12. The summed E-state index contributed by atoms with van der Waals surface area (Å²) < 4.78 is 1.49. The summed E-state index contributed by atoms with van der Waals surface area (Å²) in [4.78, 5) is 26.6. The third-order valence-electron chi connectivity index (χ3n) is 4.70. The van der Waals surface area contributed by atoms with Crippen LogP contribution in [0.25, 0.3) is 0 Å². The second-order valence-electron chi connectivity index (χ2n) is 6.22. The fourth-order valence-electron chi connectivity index (χ4n) is 2.84. The summed E-state index contributed by atoms with van der Waals surface area (Å²) in [5.41, 5.74) is 0.484. The molecule has 0 aromatic carbocycles. The molecule has 0 bridgehead atoms. The number of aliphatic hydroxyl groups is 2. The van der Waals surface area contributed by atoms with Gasteiger partial charge in [0.2, 0.25) is 0 Å². The lowest BCUT2D eigenvalue weighted by atomic mass is 9.96. The van der Waals surface area contributed by atoms with Gasteiger partial charge in [0.25, 0.3) is 11.5 Å². The highest BCUT2D eigenvalue weighted by atomic mass is 16.3. The molecule has 0 aliphatic carbocycles. The second-order valence-corrected chi connectivity index (χ2v) is 6.22. The van der Waals surface area contributed by atoms with Crippen molar-refractivity contribution in [3.63, 3.8) is 0 Å². The fraction of sp³-hybridized carbons (Fsp3) is 0.625. The normalized spacial score (nSPS) is 22.5. The SMILES string of the molecule is Cc1cc(C(=O)N2CCC[C@@](O)(CO)CC2)c(=O)n(C)c1C. The number of nitrogens with zero attached hydrogens (tertiary/aromatic N) is 2. The Hall–Kier alpha value is -1.66. The highest BCUT2D eigenvalue weighted by molar-refractivity contribution is 5.94. The third kappa shape index (κ3) is 3.08. The van der Waals surface area contributed by atoms with Crippen molar-refractivity contribution in [1.82, 2.24) is 9.47 Å². The average Bonchev–Trinajstić information content (AvgIpc) is 2.71. The molecule has 6 heteroatoms. The van der Waals surface area contributed by atoms with Crippen LogP contribution in [0.1, 0.15) is 40.9 Å². The van der Waals surface area contributed by atoms with Crippen molar-refractivity contribution < 1.29 is 15.0 Å². The largest absolute Gasteiger partial charge is 0.393 e. The molecule has 1 aromatic heterocycles. The Morgan fingerprint density at radius 1 is 1.32 bits per heavy atom. The van der Waals surface area contributed by atoms with Crippen LogP contribution < -0.4 is 5.56 Å². The molecule has 0 radical (unpaired) electrons. The molecule has 0 saturated carbocycles. The molecule has 2 N–H and O–H groups in total. The van der Waals surface area contributed by atoms with E-state index in [4.69, 9.17) is 0 Å². The number of amides is 1. The number of rotatable bonds is 2. The number of aryl methyl sites for hydroxylation is 1. The predicted octanol–water partition coefficient (Wildman–Crippen LogP) is 0.352. The topological polar surface area (TPSA) is 82.8 Å². The number of aliphatic hydroxyl groups excluding tert-OH is 1. The first-order chi connectivity index (χ1) is 10.3. The smallest absolute Gasteiger partial charge is 0.263 e. The van der Waals surface area contributed by atoms with Crippen LogP contribution in [-0.2, 0) is 7.05 Å². The molecule has 0 spiro atoms. The van der Waals surface area contributed by atoms with Gasteiger partial charge in [-0.3, -0.25) is 9.59 Å². The molecule has 1 aliphatic heterocycles. The molecular weight excluding hydrogens is 284 g/mol. The van der Waals surface area contributed by atoms with E-state index in [1.807, 2.05) is 13.8 Å². The molecule has 6 nitrogen and oxygen atoms in total. The quantitative estimate of drug-likeness (QED) is 0.826. The predicted molar refractivity (Wildman–Crippen MR) is 82.9 cm³/mol. The van der Waals surface area contributed by atoms with E-state index < -0.39 is 5.60 Å². The highest BCUT2D eigenvalue weighted by Crippen LogP contribution is 2.22. The van der Waals surface area contributed by atoms with Crippen molar-refractivity contribution in [3.8, 4) is 0 Å². The first-order valence-corrected chi connectivity index (χ1v) is 7.59. The van der Waals surface area contributed by atoms with Crippen LogP contribution in [0.15, 0.2) is 10.9 Å². The first kappa shape index (κ1) is 16.7. The van der Waals surface area contributed by atoms with Crippen molar-refractivity contribution in [3.05, 3.63) is 33.2 Å². The number of aromatic nitrogens is 1. The van der Waals surface area contributed by atoms with Gasteiger partial charge in [0, 0.05) is 25.8 Å². The van der Waals surface area contributed by atoms with Gasteiger partial charge >= 0.3 is 0 Å². The van der Waals surface area contributed by atoms with Crippen molar-refractivity contribution >= 4 is 5.91 Å². The molecule has 1 fully saturated rings. The number of hydrogen-bond donors (Lipinski definition) is 2. The minimum Gasteiger partial charge on any atom is -0.393 e. The number of carbonyl (C=O) groups excluding carboxylic acids is 1. The Bertz CT molecular complexity index is 638. The zero-order chi connectivity index (χ0) is 16.5. The summed E-state index contributed by atoms with van der Waals surface area (Å²) in [6.07, 6.45) is 1.38. The second kappa shape index (κ2) is 6.22. The van der Waals surface area contributed by atoms with Crippen molar-refractivity contribution in [1.29, 1.82) is 0 Å². The van der Waals surface area contributed by atoms with Gasteiger partial charge in [-0.05, 0) is 44.7 Å². The van der Waals surface area contributed by atoms with Crippen LogP contribution >= 0.6 is 0 Å². The minimum absolute atomic E-state index is 0.167. The molecule has 1 atom stereocenters. The summed E-state index contributed by atoms with van der Waals surface area (Å²) in [6, 6.07) is 1.64. The van der Waals surface area contributed by atoms with Gasteiger partial charge in [0.15, 0.2) is 0 Å². The molecule has 22 heavy (non-hydrogen) atoms. The van der Waals surface area contributed by atoms with Gasteiger partial charge in [0.05, 0.1) is 12.2 Å². The van der Waals surface area contributed by atoms with Crippen LogP contribution in [0.4, 0.5) is 0 Å². The summed E-state index contributed by atoms with van der Waals surface area (Å²) in [5.74, 6) is -0.300. The molecule has 2 heterocycles. The number of hydrogen-bond acceptors (Lipinski definition) is 4. The fourth-order valence-corrected chi connectivity index (χ4v) is 2.84. The van der Waals surface area contributed by atoms with Gasteiger partial charge < -0.3 is 19.7 Å². The lowest BCUT2D eigenvalue weighted by Gasteiger charge is -2.24. The Balaban J connectivity index is 2.28. The van der Waals surface area contributed by atoms with E-state index in [0.29, 0.717) is 32.4 Å². The summed E-state index contributed by atoms with van der Waals surface area (Å²) in [7, 11) is 1.66. The van der Waals surface area contributed by atoms with Gasteiger partial charge in [0.1, 0.15) is 5.56 Å². The maximum absolute atomic E-state index is 12.7. The van der Waals surface area contributed by atoms with E-state index in [2.05, 4.69) is 0 Å². The summed E-state index contributed by atoms with van der Waals surface area (Å²) >= 11 is 0. The van der Waals surface area contributed by atoms with E-state index in [-0.39, 0.29) is 23.6 Å². The zero-order valence-corrected chi connectivity index (χ0v) is 13.4. The average molecular weight is 308 g/mol. The number of pyridine rings is 1. The number of carbonyl (C=O) groups is 1. The highest BCUT2D eigenvalue weighted by Gasteiger charge is 2.31. The molecule has 1 saturated heterocycles. The molecular formula is C16H24N2O4. The van der Waals surface area contributed by atoms with Crippen LogP contribution in [-0.4, -0.2) is 50.9 Å². The van der Waals surface area contributed by atoms with Gasteiger partial charge in [-0.25, -0.2) is 0 Å². The first-order valence-electron chi connectivity index (χ1n) is 7.59. The Labute approximate surface area is 130 Å². The maximum Gasteiger partial charge on any atom is 0.263 e. The van der Waals surface area contributed by atoms with Crippen LogP contribution in [0.5, 0.6) is 0 Å². The van der Waals surface area contributed by atoms with Crippen molar-refractivity contribution in [2.75, 3.05) is 19.7 Å². The van der Waals surface area contributed by atoms with E-state index in [9.17, 15) is 19.8 Å². The molecule has 1 amide bonds. The molecule has 2 rings (SSSR count). The lowest BCUT2D eigenvalue weighted by Crippen LogP contribution is -2.39. The maximum atomic E-state index is 12.7. The lowest BCUT2D eigenvalue weighted by molar-refractivity contribution is -0.0250. The Morgan fingerprint density at radius 2 is 2.00 bits per heavy atom. The van der Waals surface area contributed by atoms with E-state index in [1.54, 1.807) is 18.0 Å². The number of likely N-dealkylation sites (tertiary alicyclic amines) is 1. The van der Waals surface area contributed by atoms with Crippen molar-refractivity contribution in [2.45, 2.75) is 38.7 Å². The molecule has 1 aromatic rings. The van der Waals surface area contributed by atoms with Gasteiger partial charge in [-0.15, -0.1) is 0 Å². The summed E-state index contributed by atoms with van der Waals surface area (Å²) in [5, 5.41) is 19.4. The van der Waals surface area contributed by atoms with E-state index >= 15 is 0 Å². The molecule has 122 valence electrons. The Kier molecular flexibility index (Phi) is 4.72. The van der Waals surface area contributed by atoms with Gasteiger partial charge in [-0.1, -0.05) is 0 Å². The van der Waals surface area contributed by atoms with Crippen LogP contribution in [0.3, 0.4) is 0 Å². The van der Waals surface area contributed by atoms with E-state index in [0.717, 1.165) is 11.3 Å². The van der Waals surface area contributed by atoms with Crippen LogP contribution in [0, 0.1) is 13.8 Å². The van der Waals surface area contributed by atoms with E-state index in [1.165, 1.54) is 4.57 Å². The zero-order valence-electron chi connectivity index (χ0n) is 13.4. The third-order valence-corrected chi connectivity index (χ3v) is 4.70. The molecule has 0 unspecified atom stereocenters. The standard InChI is InChI=1S/C16H24N2O4/c1-11-9-13(14(20)17(3)12(11)2)15(21)18-7-4-5-16(22,10-19)6-8-18/h9,19,22H,4-8,10H2,1-3H3/t16-/m0/s1.